The van der Waals surface area contributed by atoms with Crippen molar-refractivity contribution in [3.63, 3.8) is 0 Å². The first-order chi connectivity index (χ1) is 10.8. The van der Waals surface area contributed by atoms with Gasteiger partial charge in [0.15, 0.2) is 11.5 Å². The number of nitrogens with two attached hydrogens (primary N) is 1. The first-order valence-corrected chi connectivity index (χ1v) is 7.78. The normalized spacial score (nSPS) is 17.0. The second-order valence-corrected chi connectivity index (χ2v) is 5.57. The Hall–Kier alpha value is -1.50. The molecule has 0 bridgehead atoms. The molecule has 7 heteroatoms. The highest BCUT2D eigenvalue weighted by Crippen LogP contribution is 2.33. The number of ether oxygens (including phenoxy) is 3. The lowest BCUT2D eigenvalue weighted by Gasteiger charge is -2.32. The van der Waals surface area contributed by atoms with E-state index in [4.69, 9.17) is 19.9 Å². The fourth-order valence-electron chi connectivity index (χ4n) is 2.77. The van der Waals surface area contributed by atoms with Crippen molar-refractivity contribution in [1.82, 2.24) is 4.90 Å². The van der Waals surface area contributed by atoms with Crippen molar-refractivity contribution < 1.29 is 19.0 Å². The van der Waals surface area contributed by atoms with Crippen LogP contribution in [0.1, 0.15) is 29.6 Å². The lowest BCUT2D eigenvalue weighted by Crippen LogP contribution is -2.41. The summed E-state index contributed by atoms with van der Waals surface area (Å²) in [7, 11) is 0. The highest BCUT2D eigenvalue weighted by molar-refractivity contribution is 5.95. The molecule has 0 radical (unpaired) electrons. The van der Waals surface area contributed by atoms with E-state index in [1.807, 2.05) is 4.90 Å². The number of piperidine rings is 1. The first kappa shape index (κ1) is 17.8. The number of fused-ring (bicyclic) bond motifs is 1. The van der Waals surface area contributed by atoms with Gasteiger partial charge in [0.1, 0.15) is 0 Å². The van der Waals surface area contributed by atoms with Crippen LogP contribution in [0.2, 0.25) is 0 Å². The van der Waals surface area contributed by atoms with Crippen LogP contribution in [0, 0.1) is 0 Å². The van der Waals surface area contributed by atoms with Gasteiger partial charge in [-0.15, -0.1) is 12.4 Å². The summed E-state index contributed by atoms with van der Waals surface area (Å²) in [5.41, 5.74) is 6.10. The summed E-state index contributed by atoms with van der Waals surface area (Å²) in [4.78, 5) is 14.4. The van der Waals surface area contributed by atoms with E-state index < -0.39 is 0 Å². The third-order valence-corrected chi connectivity index (χ3v) is 4.05. The van der Waals surface area contributed by atoms with Gasteiger partial charge in [0.25, 0.3) is 5.91 Å². The van der Waals surface area contributed by atoms with Crippen LogP contribution in [-0.2, 0) is 4.74 Å². The van der Waals surface area contributed by atoms with Crippen LogP contribution in [0.15, 0.2) is 18.2 Å². The van der Waals surface area contributed by atoms with Gasteiger partial charge in [-0.05, 0) is 44.0 Å². The fraction of sp³-hybridized carbons (Fsp3) is 0.562. The van der Waals surface area contributed by atoms with Gasteiger partial charge in [-0.25, -0.2) is 0 Å². The second kappa shape index (κ2) is 8.38. The Kier molecular flexibility index (Phi) is 6.50. The second-order valence-electron chi connectivity index (χ2n) is 5.57. The molecule has 1 amide bonds. The molecule has 1 fully saturated rings. The van der Waals surface area contributed by atoms with E-state index in [0.717, 1.165) is 32.4 Å². The minimum absolute atomic E-state index is 0. The van der Waals surface area contributed by atoms with E-state index in [0.29, 0.717) is 30.2 Å². The molecular formula is C16H23ClN2O4. The van der Waals surface area contributed by atoms with Crippen LogP contribution in [0.3, 0.4) is 0 Å². The molecule has 1 aromatic carbocycles. The molecule has 0 atom stereocenters. The molecule has 1 aromatic rings. The van der Waals surface area contributed by atoms with Crippen molar-refractivity contribution in [2.24, 2.45) is 5.73 Å². The number of nitrogens with zero attached hydrogens (tertiary/aromatic N) is 1. The molecule has 2 heterocycles. The Morgan fingerprint density at radius 3 is 2.74 bits per heavy atom. The molecular weight excluding hydrogens is 320 g/mol. The van der Waals surface area contributed by atoms with Crippen LogP contribution in [-0.4, -0.2) is 49.9 Å². The maximum atomic E-state index is 12.5. The Morgan fingerprint density at radius 1 is 1.26 bits per heavy atom. The quantitative estimate of drug-likeness (QED) is 0.826. The minimum atomic E-state index is 0. The Balaban J connectivity index is 0.00000192. The molecule has 2 aliphatic heterocycles. The first-order valence-electron chi connectivity index (χ1n) is 7.78. The SMILES string of the molecule is Cl.NCCCOC1CCN(C(=O)c2ccc3c(c2)OCO3)CC1. The summed E-state index contributed by atoms with van der Waals surface area (Å²) < 4.78 is 16.4. The molecule has 3 rings (SSSR count). The number of hydrogen-bond acceptors (Lipinski definition) is 5. The number of carbonyl (C=O) groups excluding carboxylic acids is 1. The van der Waals surface area contributed by atoms with E-state index >= 15 is 0 Å². The summed E-state index contributed by atoms with van der Waals surface area (Å²) >= 11 is 0. The van der Waals surface area contributed by atoms with Gasteiger partial charge in [-0.1, -0.05) is 0 Å². The van der Waals surface area contributed by atoms with Crippen LogP contribution >= 0.6 is 12.4 Å². The number of benzene rings is 1. The van der Waals surface area contributed by atoms with Crippen molar-refractivity contribution >= 4 is 18.3 Å². The van der Waals surface area contributed by atoms with Crippen molar-refractivity contribution in [3.05, 3.63) is 23.8 Å². The summed E-state index contributed by atoms with van der Waals surface area (Å²) in [6.45, 7) is 3.03. The van der Waals surface area contributed by atoms with Gasteiger partial charge < -0.3 is 24.8 Å². The topological polar surface area (TPSA) is 74.0 Å². The van der Waals surface area contributed by atoms with E-state index in [1.54, 1.807) is 18.2 Å². The van der Waals surface area contributed by atoms with Gasteiger partial charge >= 0.3 is 0 Å². The van der Waals surface area contributed by atoms with Crippen molar-refractivity contribution in [2.45, 2.75) is 25.4 Å². The highest BCUT2D eigenvalue weighted by Gasteiger charge is 2.25. The molecule has 128 valence electrons. The predicted molar refractivity (Wildman–Crippen MR) is 88.4 cm³/mol. The van der Waals surface area contributed by atoms with E-state index in [1.165, 1.54) is 0 Å². The van der Waals surface area contributed by atoms with Crippen molar-refractivity contribution in [2.75, 3.05) is 33.0 Å². The number of likely N-dealkylation sites (tertiary alicyclic amines) is 1. The average molecular weight is 343 g/mol. The zero-order valence-electron chi connectivity index (χ0n) is 13.0. The standard InChI is InChI=1S/C16H22N2O4.ClH/c17-6-1-9-20-13-4-7-18(8-5-13)16(19)12-2-3-14-15(10-12)22-11-21-14;/h2-3,10,13H,1,4-9,11,17H2;1H. The summed E-state index contributed by atoms with van der Waals surface area (Å²) in [5.74, 6) is 1.38. The smallest absolute Gasteiger partial charge is 0.253 e. The number of halogens is 1. The van der Waals surface area contributed by atoms with E-state index in [9.17, 15) is 4.79 Å². The zero-order valence-corrected chi connectivity index (χ0v) is 13.8. The summed E-state index contributed by atoms with van der Waals surface area (Å²) in [6.07, 6.45) is 2.88. The fourth-order valence-corrected chi connectivity index (χ4v) is 2.77. The minimum Gasteiger partial charge on any atom is -0.454 e. The van der Waals surface area contributed by atoms with Gasteiger partial charge in [0.2, 0.25) is 6.79 Å². The molecule has 6 nitrogen and oxygen atoms in total. The average Bonchev–Trinajstić information content (AvgIpc) is 3.02. The third-order valence-electron chi connectivity index (χ3n) is 4.05. The molecule has 23 heavy (non-hydrogen) atoms. The highest BCUT2D eigenvalue weighted by atomic mass is 35.5. The largest absolute Gasteiger partial charge is 0.454 e. The molecule has 0 aliphatic carbocycles. The Morgan fingerprint density at radius 2 is 2.00 bits per heavy atom. The van der Waals surface area contributed by atoms with Crippen LogP contribution in [0.5, 0.6) is 11.5 Å². The van der Waals surface area contributed by atoms with E-state index in [2.05, 4.69) is 0 Å². The van der Waals surface area contributed by atoms with Crippen LogP contribution in [0.25, 0.3) is 0 Å². The monoisotopic (exact) mass is 342 g/mol. The van der Waals surface area contributed by atoms with E-state index in [-0.39, 0.29) is 31.2 Å². The summed E-state index contributed by atoms with van der Waals surface area (Å²) in [5, 5.41) is 0. The van der Waals surface area contributed by atoms with Gasteiger partial charge in [-0.3, -0.25) is 4.79 Å². The molecule has 2 aliphatic rings. The maximum Gasteiger partial charge on any atom is 0.253 e. The van der Waals surface area contributed by atoms with Crippen LogP contribution < -0.4 is 15.2 Å². The maximum absolute atomic E-state index is 12.5. The molecule has 0 spiro atoms. The summed E-state index contributed by atoms with van der Waals surface area (Å²) in [6, 6.07) is 5.34. The van der Waals surface area contributed by atoms with Crippen LogP contribution in [0.4, 0.5) is 0 Å². The Labute approximate surface area is 142 Å². The molecule has 0 saturated carbocycles. The number of rotatable bonds is 5. The van der Waals surface area contributed by atoms with Crippen molar-refractivity contribution in [1.29, 1.82) is 0 Å². The number of carbonyl (C=O) groups is 1. The molecule has 2 N–H and O–H groups in total. The molecule has 0 unspecified atom stereocenters. The number of hydrogen-bond donors (Lipinski definition) is 1. The number of amides is 1. The Bertz CT molecular complexity index is 533. The molecule has 0 aromatic heterocycles. The molecule has 1 saturated heterocycles. The zero-order chi connectivity index (χ0) is 15.4. The lowest BCUT2D eigenvalue weighted by atomic mass is 10.1. The van der Waals surface area contributed by atoms with Gasteiger partial charge in [-0.2, -0.15) is 0 Å². The lowest BCUT2D eigenvalue weighted by molar-refractivity contribution is 0.00844. The van der Waals surface area contributed by atoms with Gasteiger partial charge in [0.05, 0.1) is 6.10 Å². The third kappa shape index (κ3) is 4.28. The van der Waals surface area contributed by atoms with Crippen molar-refractivity contribution in [3.8, 4) is 11.5 Å². The predicted octanol–water partition coefficient (Wildman–Crippen LogP) is 1.81. The van der Waals surface area contributed by atoms with Gasteiger partial charge in [0, 0.05) is 25.3 Å².